The van der Waals surface area contributed by atoms with Gasteiger partial charge in [0, 0.05) is 0 Å². The van der Waals surface area contributed by atoms with E-state index in [0.29, 0.717) is 11.5 Å². The summed E-state index contributed by atoms with van der Waals surface area (Å²) >= 11 is 1.38. The van der Waals surface area contributed by atoms with Gasteiger partial charge in [-0.1, -0.05) is 30.3 Å². The first-order valence-electron chi connectivity index (χ1n) is 6.83. The van der Waals surface area contributed by atoms with Crippen LogP contribution in [0.4, 0.5) is 0 Å². The van der Waals surface area contributed by atoms with Crippen molar-refractivity contribution in [3.63, 3.8) is 0 Å². The van der Waals surface area contributed by atoms with Gasteiger partial charge in [0.1, 0.15) is 5.75 Å². The van der Waals surface area contributed by atoms with Gasteiger partial charge in [0.15, 0.2) is 6.10 Å². The number of hydrogen-bond acceptors (Lipinski definition) is 4. The van der Waals surface area contributed by atoms with Gasteiger partial charge in [-0.2, -0.15) is 11.8 Å². The van der Waals surface area contributed by atoms with Crippen molar-refractivity contribution < 1.29 is 14.3 Å². The minimum absolute atomic E-state index is 0.251. The molecule has 0 radical (unpaired) electrons. The zero-order valence-electron chi connectivity index (χ0n) is 12.5. The number of benzene rings is 2. The topological polar surface area (TPSA) is 67.4 Å². The molecule has 5 nitrogen and oxygen atoms in total. The van der Waals surface area contributed by atoms with Gasteiger partial charge >= 0.3 is 0 Å². The van der Waals surface area contributed by atoms with Crippen molar-refractivity contribution in [3.05, 3.63) is 42.5 Å². The zero-order valence-corrected chi connectivity index (χ0v) is 13.3. The molecular weight excluding hydrogens is 300 g/mol. The highest BCUT2D eigenvalue weighted by Crippen LogP contribution is 2.21. The number of hydrazine groups is 1. The molecule has 6 heteroatoms. The van der Waals surface area contributed by atoms with Gasteiger partial charge in [-0.3, -0.25) is 20.4 Å². The Kier molecular flexibility index (Phi) is 5.66. The molecular formula is C16H18N2O3S. The van der Waals surface area contributed by atoms with E-state index in [1.54, 1.807) is 6.92 Å². The van der Waals surface area contributed by atoms with Gasteiger partial charge in [-0.25, -0.2) is 0 Å². The maximum Gasteiger partial charge on any atom is 0.279 e. The maximum absolute atomic E-state index is 11.9. The van der Waals surface area contributed by atoms with Crippen LogP contribution >= 0.6 is 11.8 Å². The van der Waals surface area contributed by atoms with Crippen LogP contribution in [0.1, 0.15) is 6.92 Å². The standard InChI is InChI=1S/C16H18N2O3S/c1-11(16(20)18-17-15(19)10-22-2)21-14-8-7-12-5-3-4-6-13(12)9-14/h3-9,11H,10H2,1-2H3,(H,17,19)(H,18,20). The number of amides is 2. The summed E-state index contributed by atoms with van der Waals surface area (Å²) in [5.41, 5.74) is 4.69. The van der Waals surface area contributed by atoms with E-state index in [-0.39, 0.29) is 5.91 Å². The number of rotatable bonds is 5. The Bertz CT molecular complexity index is 675. The van der Waals surface area contributed by atoms with Crippen LogP contribution in [0.25, 0.3) is 10.8 Å². The second-order valence-electron chi connectivity index (χ2n) is 4.74. The van der Waals surface area contributed by atoms with Gasteiger partial charge in [0.05, 0.1) is 5.75 Å². The fraction of sp³-hybridized carbons (Fsp3) is 0.250. The number of nitrogens with one attached hydrogen (secondary N) is 2. The van der Waals surface area contributed by atoms with E-state index < -0.39 is 12.0 Å². The largest absolute Gasteiger partial charge is 0.481 e. The molecule has 0 fully saturated rings. The van der Waals surface area contributed by atoms with Crippen molar-refractivity contribution in [3.8, 4) is 5.75 Å². The Morgan fingerprint density at radius 2 is 1.86 bits per heavy atom. The third-order valence-electron chi connectivity index (χ3n) is 3.00. The number of hydrogen-bond donors (Lipinski definition) is 2. The van der Waals surface area contributed by atoms with Gasteiger partial charge < -0.3 is 4.74 Å². The van der Waals surface area contributed by atoms with E-state index in [1.807, 2.05) is 48.7 Å². The molecule has 0 saturated carbocycles. The van der Waals surface area contributed by atoms with Crippen LogP contribution in [0, 0.1) is 0 Å². The lowest BCUT2D eigenvalue weighted by atomic mass is 10.1. The van der Waals surface area contributed by atoms with E-state index in [4.69, 9.17) is 4.74 Å². The molecule has 0 aromatic heterocycles. The van der Waals surface area contributed by atoms with Crippen molar-refractivity contribution in [2.45, 2.75) is 13.0 Å². The molecule has 0 spiro atoms. The number of carbonyl (C=O) groups excluding carboxylic acids is 2. The minimum atomic E-state index is -0.712. The SMILES string of the molecule is CSCC(=O)NNC(=O)C(C)Oc1ccc2ccccc2c1. The molecule has 1 unspecified atom stereocenters. The molecule has 0 heterocycles. The molecule has 0 aliphatic carbocycles. The average molecular weight is 318 g/mol. The second-order valence-corrected chi connectivity index (χ2v) is 5.61. The third kappa shape index (κ3) is 4.39. The highest BCUT2D eigenvalue weighted by Gasteiger charge is 2.15. The quantitative estimate of drug-likeness (QED) is 0.829. The Morgan fingerprint density at radius 1 is 1.14 bits per heavy atom. The molecule has 2 rings (SSSR count). The van der Waals surface area contributed by atoms with Crippen LogP contribution in [0.15, 0.2) is 42.5 Å². The van der Waals surface area contributed by atoms with Crippen LogP contribution in [0.3, 0.4) is 0 Å². The van der Waals surface area contributed by atoms with Crippen LogP contribution in [-0.4, -0.2) is 29.9 Å². The van der Waals surface area contributed by atoms with Crippen molar-refractivity contribution in [1.29, 1.82) is 0 Å². The van der Waals surface area contributed by atoms with E-state index in [1.165, 1.54) is 11.8 Å². The summed E-state index contributed by atoms with van der Waals surface area (Å²) in [6, 6.07) is 13.5. The van der Waals surface area contributed by atoms with Crippen molar-refractivity contribution in [2.24, 2.45) is 0 Å². The molecule has 1 atom stereocenters. The van der Waals surface area contributed by atoms with E-state index in [9.17, 15) is 9.59 Å². The first-order valence-corrected chi connectivity index (χ1v) is 8.22. The van der Waals surface area contributed by atoms with Crippen molar-refractivity contribution in [2.75, 3.05) is 12.0 Å². The smallest absolute Gasteiger partial charge is 0.279 e. The average Bonchev–Trinajstić information content (AvgIpc) is 2.52. The van der Waals surface area contributed by atoms with E-state index in [2.05, 4.69) is 10.9 Å². The summed E-state index contributed by atoms with van der Waals surface area (Å²) < 4.78 is 5.61. The lowest BCUT2D eigenvalue weighted by molar-refractivity contribution is -0.131. The number of thioether (sulfide) groups is 1. The maximum atomic E-state index is 11.9. The predicted octanol–water partition coefficient (Wildman–Crippen LogP) is 2.12. The molecule has 2 aromatic rings. The second kappa shape index (κ2) is 7.70. The molecule has 0 aliphatic heterocycles. The highest BCUT2D eigenvalue weighted by atomic mass is 32.2. The first-order chi connectivity index (χ1) is 10.6. The molecule has 2 N–H and O–H groups in total. The Labute approximate surface area is 133 Å². The van der Waals surface area contributed by atoms with Gasteiger partial charge in [-0.15, -0.1) is 0 Å². The van der Waals surface area contributed by atoms with Crippen LogP contribution in [0.2, 0.25) is 0 Å². The van der Waals surface area contributed by atoms with Gasteiger partial charge in [-0.05, 0) is 36.1 Å². The molecule has 2 amide bonds. The summed E-state index contributed by atoms with van der Waals surface area (Å²) in [6.45, 7) is 1.63. The summed E-state index contributed by atoms with van der Waals surface area (Å²) in [7, 11) is 0. The Balaban J connectivity index is 1.93. The van der Waals surface area contributed by atoms with E-state index in [0.717, 1.165) is 10.8 Å². The molecule has 116 valence electrons. The summed E-state index contributed by atoms with van der Waals surface area (Å²) in [5.74, 6) is 0.248. The third-order valence-corrected chi connectivity index (χ3v) is 3.55. The normalized spacial score (nSPS) is 11.7. The fourth-order valence-corrected chi connectivity index (χ4v) is 2.23. The molecule has 0 bridgehead atoms. The lowest BCUT2D eigenvalue weighted by Crippen LogP contribution is -2.47. The summed E-state index contributed by atoms with van der Waals surface area (Å²) in [4.78, 5) is 23.1. The van der Waals surface area contributed by atoms with Gasteiger partial charge in [0.2, 0.25) is 5.91 Å². The van der Waals surface area contributed by atoms with Crippen LogP contribution < -0.4 is 15.6 Å². The van der Waals surface area contributed by atoms with Crippen LogP contribution in [0.5, 0.6) is 5.75 Å². The zero-order chi connectivity index (χ0) is 15.9. The molecule has 22 heavy (non-hydrogen) atoms. The molecule has 0 aliphatic rings. The fourth-order valence-electron chi connectivity index (χ4n) is 1.90. The number of ether oxygens (including phenoxy) is 1. The Hall–Kier alpha value is -2.21. The first kappa shape index (κ1) is 16.2. The van der Waals surface area contributed by atoms with E-state index >= 15 is 0 Å². The highest BCUT2D eigenvalue weighted by molar-refractivity contribution is 7.99. The van der Waals surface area contributed by atoms with Gasteiger partial charge in [0.25, 0.3) is 5.91 Å². The molecule has 0 saturated heterocycles. The molecule has 2 aromatic carbocycles. The van der Waals surface area contributed by atoms with Crippen molar-refractivity contribution in [1.82, 2.24) is 10.9 Å². The monoisotopic (exact) mass is 318 g/mol. The lowest BCUT2D eigenvalue weighted by Gasteiger charge is -2.15. The number of fused-ring (bicyclic) bond motifs is 1. The Morgan fingerprint density at radius 3 is 2.59 bits per heavy atom. The predicted molar refractivity (Wildman–Crippen MR) is 88.7 cm³/mol. The van der Waals surface area contributed by atoms with Crippen molar-refractivity contribution >= 4 is 34.3 Å². The summed E-state index contributed by atoms with van der Waals surface area (Å²) in [6.07, 6.45) is 1.10. The number of carbonyl (C=O) groups is 2. The van der Waals surface area contributed by atoms with Crippen LogP contribution in [-0.2, 0) is 9.59 Å². The minimum Gasteiger partial charge on any atom is -0.481 e. The summed E-state index contributed by atoms with van der Waals surface area (Å²) in [5, 5.41) is 2.15.